The van der Waals surface area contributed by atoms with Crippen molar-refractivity contribution < 1.29 is 9.50 Å². The summed E-state index contributed by atoms with van der Waals surface area (Å²) in [6, 6.07) is 4.80. The Morgan fingerprint density at radius 1 is 1.47 bits per heavy atom. The lowest BCUT2D eigenvalue weighted by Gasteiger charge is -2.08. The van der Waals surface area contributed by atoms with Crippen molar-refractivity contribution in [3.63, 3.8) is 0 Å². The molecular weight excluding hydrogens is 193 g/mol. The van der Waals surface area contributed by atoms with Crippen LogP contribution in [0.5, 0.6) is 0 Å². The topological polar surface area (TPSA) is 32.3 Å². The molecule has 0 radical (unpaired) electrons. The van der Waals surface area contributed by atoms with Crippen LogP contribution in [0.25, 0.3) is 0 Å². The maximum absolute atomic E-state index is 12.8. The molecule has 0 bridgehead atoms. The van der Waals surface area contributed by atoms with E-state index >= 15 is 0 Å². The maximum atomic E-state index is 12.8. The summed E-state index contributed by atoms with van der Waals surface area (Å²) in [5.74, 6) is -0.194. The summed E-state index contributed by atoms with van der Waals surface area (Å²) in [6.07, 6.45) is 0.465. The lowest BCUT2D eigenvalue weighted by atomic mass is 10.1. The third-order valence-electron chi connectivity index (χ3n) is 2.36. The van der Waals surface area contributed by atoms with Crippen LogP contribution in [0.3, 0.4) is 0 Å². The minimum Gasteiger partial charge on any atom is -0.393 e. The Balaban J connectivity index is 2.37. The van der Waals surface area contributed by atoms with Crippen molar-refractivity contribution in [1.82, 2.24) is 5.32 Å². The number of aliphatic hydroxyl groups excluding tert-OH is 1. The fraction of sp³-hybridized carbons (Fsp3) is 0.500. The predicted molar refractivity (Wildman–Crippen MR) is 59.1 cm³/mol. The number of benzene rings is 1. The van der Waals surface area contributed by atoms with Gasteiger partial charge >= 0.3 is 0 Å². The average molecular weight is 211 g/mol. The largest absolute Gasteiger partial charge is 0.393 e. The van der Waals surface area contributed by atoms with Gasteiger partial charge in [-0.2, -0.15) is 0 Å². The van der Waals surface area contributed by atoms with Gasteiger partial charge in [-0.1, -0.05) is 6.07 Å². The summed E-state index contributed by atoms with van der Waals surface area (Å²) in [5, 5.41) is 12.3. The highest BCUT2D eigenvalue weighted by molar-refractivity contribution is 5.26. The number of hydrogen-bond donors (Lipinski definition) is 2. The molecule has 2 N–H and O–H groups in total. The third-order valence-corrected chi connectivity index (χ3v) is 2.36. The van der Waals surface area contributed by atoms with Crippen LogP contribution in [0.2, 0.25) is 0 Å². The van der Waals surface area contributed by atoms with E-state index in [1.165, 1.54) is 12.1 Å². The zero-order chi connectivity index (χ0) is 11.3. The van der Waals surface area contributed by atoms with Gasteiger partial charge in [0.05, 0.1) is 6.10 Å². The van der Waals surface area contributed by atoms with Crippen molar-refractivity contribution in [3.05, 3.63) is 35.1 Å². The van der Waals surface area contributed by atoms with Gasteiger partial charge in [0.15, 0.2) is 0 Å². The van der Waals surface area contributed by atoms with Crippen molar-refractivity contribution in [2.75, 3.05) is 6.54 Å². The number of aliphatic hydroxyl groups is 1. The summed E-state index contributed by atoms with van der Waals surface area (Å²) < 4.78 is 12.8. The molecule has 0 amide bonds. The molecule has 0 aliphatic heterocycles. The van der Waals surface area contributed by atoms with Crippen LogP contribution in [0, 0.1) is 12.7 Å². The molecular formula is C12H18FNO. The van der Waals surface area contributed by atoms with Crippen molar-refractivity contribution in [1.29, 1.82) is 0 Å². The molecule has 0 aliphatic carbocycles. The molecule has 1 aromatic carbocycles. The van der Waals surface area contributed by atoms with E-state index in [-0.39, 0.29) is 11.9 Å². The standard InChI is InChI=1S/C12H18FNO/c1-9-7-12(13)4-3-11(9)8-14-6-5-10(2)15/h3-4,7,10,14-15H,5-6,8H2,1-2H3. The molecule has 3 heteroatoms. The molecule has 1 rings (SSSR count). The van der Waals surface area contributed by atoms with E-state index in [4.69, 9.17) is 5.11 Å². The second kappa shape index (κ2) is 5.83. The van der Waals surface area contributed by atoms with Gasteiger partial charge in [-0.25, -0.2) is 4.39 Å². The van der Waals surface area contributed by atoms with Crippen LogP contribution in [0.4, 0.5) is 4.39 Å². The molecule has 0 aliphatic rings. The number of aryl methyl sites for hydroxylation is 1. The van der Waals surface area contributed by atoms with E-state index in [2.05, 4.69) is 5.32 Å². The first-order chi connectivity index (χ1) is 7.09. The maximum Gasteiger partial charge on any atom is 0.123 e. The van der Waals surface area contributed by atoms with Crippen LogP contribution >= 0.6 is 0 Å². The van der Waals surface area contributed by atoms with E-state index in [9.17, 15) is 4.39 Å². The molecule has 0 spiro atoms. The lowest BCUT2D eigenvalue weighted by molar-refractivity contribution is 0.183. The van der Waals surface area contributed by atoms with Crippen LogP contribution in [-0.4, -0.2) is 17.8 Å². The molecule has 0 fully saturated rings. The summed E-state index contributed by atoms with van der Waals surface area (Å²) in [4.78, 5) is 0. The van der Waals surface area contributed by atoms with E-state index in [1.54, 1.807) is 13.0 Å². The summed E-state index contributed by atoms with van der Waals surface area (Å²) in [5.41, 5.74) is 2.06. The monoisotopic (exact) mass is 211 g/mol. The van der Waals surface area contributed by atoms with Gasteiger partial charge in [-0.15, -0.1) is 0 Å². The van der Waals surface area contributed by atoms with Gasteiger partial charge in [0.1, 0.15) is 5.82 Å². The SMILES string of the molecule is Cc1cc(F)ccc1CNCCC(C)O. The minimum absolute atomic E-state index is 0.194. The molecule has 15 heavy (non-hydrogen) atoms. The molecule has 2 nitrogen and oxygen atoms in total. The van der Waals surface area contributed by atoms with Gasteiger partial charge in [-0.3, -0.25) is 0 Å². The molecule has 84 valence electrons. The summed E-state index contributed by atoms with van der Waals surface area (Å²) >= 11 is 0. The van der Waals surface area contributed by atoms with E-state index in [1.807, 2.05) is 6.92 Å². The van der Waals surface area contributed by atoms with Gasteiger partial charge in [0.25, 0.3) is 0 Å². The Hall–Kier alpha value is -0.930. The molecule has 1 unspecified atom stereocenters. The number of rotatable bonds is 5. The van der Waals surface area contributed by atoms with Crippen LogP contribution < -0.4 is 5.32 Å². The fourth-order valence-electron chi connectivity index (χ4n) is 1.39. The molecule has 1 atom stereocenters. The van der Waals surface area contributed by atoms with Crippen molar-refractivity contribution in [2.24, 2.45) is 0 Å². The molecule has 1 aromatic rings. The van der Waals surface area contributed by atoms with Crippen LogP contribution in [-0.2, 0) is 6.54 Å². The third kappa shape index (κ3) is 4.40. The average Bonchev–Trinajstić information content (AvgIpc) is 2.14. The first-order valence-electron chi connectivity index (χ1n) is 5.23. The second-order valence-electron chi connectivity index (χ2n) is 3.89. The normalized spacial score (nSPS) is 12.8. The molecule has 0 heterocycles. The second-order valence-corrected chi connectivity index (χ2v) is 3.89. The zero-order valence-electron chi connectivity index (χ0n) is 9.26. The summed E-state index contributed by atoms with van der Waals surface area (Å²) in [7, 11) is 0. The minimum atomic E-state index is -0.271. The predicted octanol–water partition coefficient (Wildman–Crippen LogP) is 1.99. The first kappa shape index (κ1) is 12.1. The Morgan fingerprint density at radius 2 is 2.20 bits per heavy atom. The van der Waals surface area contributed by atoms with Gasteiger partial charge in [0.2, 0.25) is 0 Å². The Kier molecular flexibility index (Phi) is 4.72. The number of nitrogens with one attached hydrogen (secondary N) is 1. The van der Waals surface area contributed by atoms with Crippen LogP contribution in [0.15, 0.2) is 18.2 Å². The highest BCUT2D eigenvalue weighted by Crippen LogP contribution is 2.09. The van der Waals surface area contributed by atoms with Gasteiger partial charge < -0.3 is 10.4 Å². The van der Waals surface area contributed by atoms with Gasteiger partial charge in [0, 0.05) is 6.54 Å². The molecule has 0 saturated carbocycles. The fourth-order valence-corrected chi connectivity index (χ4v) is 1.39. The van der Waals surface area contributed by atoms with Crippen molar-refractivity contribution >= 4 is 0 Å². The Bertz CT molecular complexity index is 312. The zero-order valence-corrected chi connectivity index (χ0v) is 9.26. The lowest BCUT2D eigenvalue weighted by Crippen LogP contribution is -2.19. The van der Waals surface area contributed by atoms with Crippen molar-refractivity contribution in [3.8, 4) is 0 Å². The van der Waals surface area contributed by atoms with E-state index in [0.717, 1.165) is 30.6 Å². The highest BCUT2D eigenvalue weighted by atomic mass is 19.1. The summed E-state index contributed by atoms with van der Waals surface area (Å²) in [6.45, 7) is 5.16. The number of halogens is 1. The van der Waals surface area contributed by atoms with E-state index < -0.39 is 0 Å². The first-order valence-corrected chi connectivity index (χ1v) is 5.23. The van der Waals surface area contributed by atoms with Gasteiger partial charge in [-0.05, 0) is 50.1 Å². The molecule has 0 saturated heterocycles. The van der Waals surface area contributed by atoms with Crippen molar-refractivity contribution in [2.45, 2.75) is 32.9 Å². The van der Waals surface area contributed by atoms with Crippen LogP contribution in [0.1, 0.15) is 24.5 Å². The Morgan fingerprint density at radius 3 is 2.80 bits per heavy atom. The quantitative estimate of drug-likeness (QED) is 0.730. The van der Waals surface area contributed by atoms with E-state index in [0.29, 0.717) is 0 Å². The smallest absolute Gasteiger partial charge is 0.123 e. The molecule has 0 aromatic heterocycles. The highest BCUT2D eigenvalue weighted by Gasteiger charge is 2.00. The number of hydrogen-bond acceptors (Lipinski definition) is 2. The Labute approximate surface area is 90.1 Å².